The fraction of sp³-hybridized carbons (Fsp3) is 0.214. The van der Waals surface area contributed by atoms with E-state index in [0.29, 0.717) is 17.1 Å². The van der Waals surface area contributed by atoms with Crippen LogP contribution in [0.3, 0.4) is 0 Å². The molecule has 5 nitrogen and oxygen atoms in total. The topological polar surface area (TPSA) is 59.5 Å². The van der Waals surface area contributed by atoms with Crippen LogP contribution in [0.1, 0.15) is 15.9 Å². The molecule has 0 fully saturated rings. The number of anilines is 1. The van der Waals surface area contributed by atoms with Crippen molar-refractivity contribution in [2.24, 2.45) is 0 Å². The third-order valence-corrected chi connectivity index (χ3v) is 4.05. The number of likely N-dealkylation sites (N-methyl/N-ethyl adjacent to an activating group) is 1. The standard InChI is InChI=1S/C14H12N2O3S/c1-16(14-15-6-7-20-14)12(17)11-8-9-4-2-3-5-10(9)13(18)19-11/h2-7,11H,8H2,1H3/t11-/m0/s1. The van der Waals surface area contributed by atoms with Crippen LogP contribution >= 0.6 is 11.3 Å². The molecule has 2 aromatic rings. The minimum Gasteiger partial charge on any atom is -0.448 e. The second-order valence-electron chi connectivity index (χ2n) is 4.47. The molecule has 0 saturated heterocycles. The van der Waals surface area contributed by atoms with E-state index in [9.17, 15) is 9.59 Å². The van der Waals surface area contributed by atoms with Crippen LogP contribution in [0, 0.1) is 0 Å². The predicted molar refractivity (Wildman–Crippen MR) is 74.9 cm³/mol. The fourth-order valence-electron chi connectivity index (χ4n) is 2.16. The Bertz CT molecular complexity index is 654. The zero-order valence-electron chi connectivity index (χ0n) is 10.8. The summed E-state index contributed by atoms with van der Waals surface area (Å²) in [5.74, 6) is -0.708. The van der Waals surface area contributed by atoms with Crippen molar-refractivity contribution < 1.29 is 14.3 Å². The molecular weight excluding hydrogens is 276 g/mol. The van der Waals surface area contributed by atoms with Crippen LogP contribution in [0.25, 0.3) is 0 Å². The first kappa shape index (κ1) is 12.8. The number of aromatic nitrogens is 1. The maximum absolute atomic E-state index is 12.4. The predicted octanol–water partition coefficient (Wildman–Crippen LogP) is 1.89. The lowest BCUT2D eigenvalue weighted by Crippen LogP contribution is -2.42. The number of amides is 1. The number of fused-ring (bicyclic) bond motifs is 1. The molecule has 6 heteroatoms. The number of thiazole rings is 1. The maximum atomic E-state index is 12.4. The quantitative estimate of drug-likeness (QED) is 0.792. The second kappa shape index (κ2) is 5.05. The first-order valence-corrected chi connectivity index (χ1v) is 7.00. The summed E-state index contributed by atoms with van der Waals surface area (Å²) in [6.45, 7) is 0. The van der Waals surface area contributed by atoms with Gasteiger partial charge in [-0.05, 0) is 11.6 Å². The van der Waals surface area contributed by atoms with Gasteiger partial charge in [-0.1, -0.05) is 18.2 Å². The normalized spacial score (nSPS) is 17.2. The number of rotatable bonds is 2. The van der Waals surface area contributed by atoms with E-state index in [0.717, 1.165) is 5.56 Å². The summed E-state index contributed by atoms with van der Waals surface area (Å²) in [5.41, 5.74) is 1.38. The fourth-order valence-corrected chi connectivity index (χ4v) is 2.77. The lowest BCUT2D eigenvalue weighted by atomic mass is 9.98. The Labute approximate surface area is 119 Å². The van der Waals surface area contributed by atoms with Crippen LogP contribution in [-0.4, -0.2) is 30.0 Å². The van der Waals surface area contributed by atoms with Gasteiger partial charge < -0.3 is 4.74 Å². The van der Waals surface area contributed by atoms with Gasteiger partial charge in [-0.25, -0.2) is 9.78 Å². The molecule has 0 aliphatic carbocycles. The van der Waals surface area contributed by atoms with Gasteiger partial charge in [0.15, 0.2) is 11.2 Å². The van der Waals surface area contributed by atoms with Crippen LogP contribution in [0.4, 0.5) is 5.13 Å². The first-order valence-electron chi connectivity index (χ1n) is 6.13. The van der Waals surface area contributed by atoms with Crippen LogP contribution in [0.15, 0.2) is 35.8 Å². The Morgan fingerprint density at radius 3 is 3.00 bits per heavy atom. The minimum absolute atomic E-state index is 0.261. The van der Waals surface area contributed by atoms with Crippen molar-refractivity contribution in [2.45, 2.75) is 12.5 Å². The molecule has 1 atom stereocenters. The van der Waals surface area contributed by atoms with E-state index in [-0.39, 0.29) is 5.91 Å². The molecule has 0 bridgehead atoms. The Balaban J connectivity index is 1.83. The second-order valence-corrected chi connectivity index (χ2v) is 5.34. The molecule has 3 rings (SSSR count). The molecule has 0 saturated carbocycles. The summed E-state index contributed by atoms with van der Waals surface area (Å²) in [7, 11) is 1.63. The molecule has 0 N–H and O–H groups in total. The molecule has 0 radical (unpaired) electrons. The van der Waals surface area contributed by atoms with Gasteiger partial charge in [-0.2, -0.15) is 0 Å². The molecular formula is C14H12N2O3S. The van der Waals surface area contributed by atoms with E-state index in [4.69, 9.17) is 4.74 Å². The molecule has 0 unspecified atom stereocenters. The van der Waals surface area contributed by atoms with Crippen molar-refractivity contribution in [1.29, 1.82) is 0 Å². The highest BCUT2D eigenvalue weighted by molar-refractivity contribution is 7.13. The Morgan fingerprint density at radius 2 is 2.25 bits per heavy atom. The summed E-state index contributed by atoms with van der Waals surface area (Å²) >= 11 is 1.36. The smallest absolute Gasteiger partial charge is 0.339 e. The first-order chi connectivity index (χ1) is 9.66. The SMILES string of the molecule is CN(C(=O)[C@@H]1Cc2ccccc2C(=O)O1)c1nccs1. The summed E-state index contributed by atoms with van der Waals surface area (Å²) < 4.78 is 5.24. The highest BCUT2D eigenvalue weighted by Crippen LogP contribution is 2.23. The Hall–Kier alpha value is -2.21. The van der Waals surface area contributed by atoms with Crippen molar-refractivity contribution in [3.05, 3.63) is 47.0 Å². The van der Waals surface area contributed by atoms with E-state index >= 15 is 0 Å². The number of hydrogen-bond donors (Lipinski definition) is 0. The number of carbonyl (C=O) groups excluding carboxylic acids is 2. The third-order valence-electron chi connectivity index (χ3n) is 3.20. The summed E-state index contributed by atoms with van der Waals surface area (Å²) in [6, 6.07) is 7.19. The van der Waals surface area contributed by atoms with Crippen molar-refractivity contribution in [1.82, 2.24) is 4.98 Å². The van der Waals surface area contributed by atoms with E-state index in [1.807, 2.05) is 12.1 Å². The third kappa shape index (κ3) is 2.18. The average molecular weight is 288 g/mol. The number of nitrogens with zero attached hydrogens (tertiary/aromatic N) is 2. The Kier molecular flexibility index (Phi) is 3.23. The molecule has 20 heavy (non-hydrogen) atoms. The van der Waals surface area contributed by atoms with Gasteiger partial charge in [0.25, 0.3) is 5.91 Å². The number of cyclic esters (lactones) is 1. The molecule has 2 heterocycles. The van der Waals surface area contributed by atoms with Crippen LogP contribution < -0.4 is 4.90 Å². The summed E-state index contributed by atoms with van der Waals surface area (Å²) in [6.07, 6.45) is 1.24. The monoisotopic (exact) mass is 288 g/mol. The molecule has 0 spiro atoms. The Morgan fingerprint density at radius 1 is 1.45 bits per heavy atom. The summed E-state index contributed by atoms with van der Waals surface area (Å²) in [5, 5.41) is 2.38. The van der Waals surface area contributed by atoms with E-state index in [1.54, 1.807) is 30.8 Å². The van der Waals surface area contributed by atoms with Gasteiger partial charge in [0.1, 0.15) is 0 Å². The van der Waals surface area contributed by atoms with E-state index in [1.165, 1.54) is 16.2 Å². The van der Waals surface area contributed by atoms with Crippen LogP contribution in [-0.2, 0) is 16.0 Å². The van der Waals surface area contributed by atoms with Gasteiger partial charge in [0, 0.05) is 25.0 Å². The van der Waals surface area contributed by atoms with Gasteiger partial charge in [0.2, 0.25) is 0 Å². The maximum Gasteiger partial charge on any atom is 0.339 e. The molecule has 1 aliphatic heterocycles. The number of ether oxygens (including phenoxy) is 1. The molecule has 1 aliphatic rings. The largest absolute Gasteiger partial charge is 0.448 e. The van der Waals surface area contributed by atoms with Crippen molar-refractivity contribution in [2.75, 3.05) is 11.9 Å². The van der Waals surface area contributed by atoms with Crippen molar-refractivity contribution in [3.63, 3.8) is 0 Å². The molecule has 1 amide bonds. The molecule has 1 aromatic heterocycles. The van der Waals surface area contributed by atoms with Crippen LogP contribution in [0.5, 0.6) is 0 Å². The molecule has 1 aromatic carbocycles. The number of benzene rings is 1. The highest BCUT2D eigenvalue weighted by Gasteiger charge is 2.33. The highest BCUT2D eigenvalue weighted by atomic mass is 32.1. The number of carbonyl (C=O) groups is 2. The average Bonchev–Trinajstić information content (AvgIpc) is 3.00. The van der Waals surface area contributed by atoms with E-state index in [2.05, 4.69) is 4.98 Å². The van der Waals surface area contributed by atoms with Crippen molar-refractivity contribution >= 4 is 28.3 Å². The van der Waals surface area contributed by atoms with Gasteiger partial charge in [-0.3, -0.25) is 9.69 Å². The number of hydrogen-bond acceptors (Lipinski definition) is 5. The zero-order chi connectivity index (χ0) is 14.1. The minimum atomic E-state index is -0.786. The molecule has 102 valence electrons. The van der Waals surface area contributed by atoms with Crippen molar-refractivity contribution in [3.8, 4) is 0 Å². The van der Waals surface area contributed by atoms with Gasteiger partial charge in [0.05, 0.1) is 5.56 Å². The van der Waals surface area contributed by atoms with Gasteiger partial charge in [-0.15, -0.1) is 11.3 Å². The lowest BCUT2D eigenvalue weighted by Gasteiger charge is -2.26. The van der Waals surface area contributed by atoms with Crippen LogP contribution in [0.2, 0.25) is 0 Å². The zero-order valence-corrected chi connectivity index (χ0v) is 11.6. The lowest BCUT2D eigenvalue weighted by molar-refractivity contribution is -0.127. The number of esters is 1. The van der Waals surface area contributed by atoms with Gasteiger partial charge >= 0.3 is 5.97 Å². The summed E-state index contributed by atoms with van der Waals surface area (Å²) in [4.78, 5) is 29.8. The van der Waals surface area contributed by atoms with E-state index < -0.39 is 12.1 Å².